The molecule has 3 rings (SSSR count). The van der Waals surface area contributed by atoms with E-state index in [1.807, 2.05) is 36.4 Å². The molecule has 0 radical (unpaired) electrons. The molecule has 2 nitrogen and oxygen atoms in total. The molecule has 0 spiro atoms. The van der Waals surface area contributed by atoms with Crippen molar-refractivity contribution in [1.29, 1.82) is 0 Å². The van der Waals surface area contributed by atoms with E-state index in [-0.39, 0.29) is 11.7 Å². The van der Waals surface area contributed by atoms with Crippen molar-refractivity contribution in [3.63, 3.8) is 0 Å². The second kappa shape index (κ2) is 5.51. The third kappa shape index (κ3) is 2.80. The molecule has 1 saturated carbocycles. The first-order valence-electron chi connectivity index (χ1n) is 7.87. The normalized spacial score (nSPS) is 25.9. The van der Waals surface area contributed by atoms with Crippen LogP contribution in [-0.2, 0) is 0 Å². The molecule has 110 valence electrons. The van der Waals surface area contributed by atoms with Crippen LogP contribution in [0, 0.1) is 17.8 Å². The van der Waals surface area contributed by atoms with E-state index in [0.29, 0.717) is 23.1 Å². The van der Waals surface area contributed by atoms with Gasteiger partial charge in [0.2, 0.25) is 0 Å². The molecule has 0 heterocycles. The first-order valence-corrected chi connectivity index (χ1v) is 7.87. The van der Waals surface area contributed by atoms with Crippen LogP contribution < -0.4 is 5.73 Å². The Labute approximate surface area is 126 Å². The van der Waals surface area contributed by atoms with Gasteiger partial charge in [-0.25, -0.2) is 0 Å². The van der Waals surface area contributed by atoms with Crippen LogP contribution in [0.25, 0.3) is 10.8 Å². The third-order valence-electron chi connectivity index (χ3n) is 4.73. The number of carbonyl (C=O) groups excluding carboxylic acids is 1. The summed E-state index contributed by atoms with van der Waals surface area (Å²) in [6.07, 6.45) is 3.22. The standard InChI is InChI=1S/C19H23NO/c1-12-7-13(2)9-16(8-12)19(21)17-10-14-5-3-4-6-15(14)11-18(17)20/h3-6,10-13,16H,7-9,20H2,1-2H3. The van der Waals surface area contributed by atoms with Gasteiger partial charge in [-0.2, -0.15) is 0 Å². The van der Waals surface area contributed by atoms with Crippen LogP contribution in [-0.4, -0.2) is 5.78 Å². The smallest absolute Gasteiger partial charge is 0.168 e. The summed E-state index contributed by atoms with van der Waals surface area (Å²) in [6.45, 7) is 4.50. The highest BCUT2D eigenvalue weighted by atomic mass is 16.1. The van der Waals surface area contributed by atoms with Crippen molar-refractivity contribution in [3.05, 3.63) is 42.0 Å². The molecular formula is C19H23NO. The maximum Gasteiger partial charge on any atom is 0.168 e. The summed E-state index contributed by atoms with van der Waals surface area (Å²) in [6, 6.07) is 12.0. The molecule has 2 aromatic carbocycles. The van der Waals surface area contributed by atoms with Crippen molar-refractivity contribution in [2.45, 2.75) is 33.1 Å². The maximum atomic E-state index is 12.9. The number of nitrogen functional groups attached to an aromatic ring is 1. The average Bonchev–Trinajstić information content (AvgIpc) is 2.44. The predicted molar refractivity (Wildman–Crippen MR) is 88.4 cm³/mol. The van der Waals surface area contributed by atoms with Crippen LogP contribution in [0.1, 0.15) is 43.5 Å². The molecule has 1 fully saturated rings. The monoisotopic (exact) mass is 281 g/mol. The summed E-state index contributed by atoms with van der Waals surface area (Å²) in [5.74, 6) is 1.62. The van der Waals surface area contributed by atoms with Crippen molar-refractivity contribution < 1.29 is 4.79 Å². The number of carbonyl (C=O) groups is 1. The lowest BCUT2D eigenvalue weighted by Crippen LogP contribution is -2.26. The summed E-state index contributed by atoms with van der Waals surface area (Å²) in [4.78, 5) is 12.9. The van der Waals surface area contributed by atoms with Crippen molar-refractivity contribution in [3.8, 4) is 0 Å². The fourth-order valence-corrected chi connectivity index (χ4v) is 3.85. The second-order valence-corrected chi connectivity index (χ2v) is 6.77. The number of ketones is 1. The molecule has 0 saturated heterocycles. The molecule has 0 bridgehead atoms. The number of nitrogens with two attached hydrogens (primary N) is 1. The largest absolute Gasteiger partial charge is 0.398 e. The van der Waals surface area contributed by atoms with E-state index in [4.69, 9.17) is 5.73 Å². The zero-order valence-corrected chi connectivity index (χ0v) is 12.8. The molecule has 2 aromatic rings. The van der Waals surface area contributed by atoms with Gasteiger partial charge in [-0.1, -0.05) is 38.1 Å². The quantitative estimate of drug-likeness (QED) is 0.641. The zero-order valence-electron chi connectivity index (χ0n) is 12.8. The van der Waals surface area contributed by atoms with Gasteiger partial charge in [0.25, 0.3) is 0 Å². The fourth-order valence-electron chi connectivity index (χ4n) is 3.85. The maximum absolute atomic E-state index is 12.9. The SMILES string of the molecule is CC1CC(C)CC(C(=O)c2cc3ccccc3cc2N)C1. The van der Waals surface area contributed by atoms with E-state index in [2.05, 4.69) is 13.8 Å². The first kappa shape index (κ1) is 14.1. The molecule has 1 aliphatic carbocycles. The Morgan fingerprint density at radius 2 is 1.57 bits per heavy atom. The van der Waals surface area contributed by atoms with Crippen LogP contribution >= 0.6 is 0 Å². The van der Waals surface area contributed by atoms with Gasteiger partial charge in [-0.15, -0.1) is 0 Å². The lowest BCUT2D eigenvalue weighted by molar-refractivity contribution is 0.0837. The molecule has 0 aliphatic heterocycles. The number of Topliss-reactive ketones (excluding diaryl/α,β-unsaturated/α-hetero) is 1. The second-order valence-electron chi connectivity index (χ2n) is 6.77. The Kier molecular flexibility index (Phi) is 3.71. The fraction of sp³-hybridized carbons (Fsp3) is 0.421. The molecule has 2 heteroatoms. The lowest BCUT2D eigenvalue weighted by atomic mass is 9.74. The highest BCUT2D eigenvalue weighted by Gasteiger charge is 2.30. The number of benzene rings is 2. The molecule has 0 aromatic heterocycles. The van der Waals surface area contributed by atoms with Crippen molar-refractivity contribution in [2.75, 3.05) is 5.73 Å². The van der Waals surface area contributed by atoms with Crippen molar-refractivity contribution in [1.82, 2.24) is 0 Å². The van der Waals surface area contributed by atoms with Gasteiger partial charge in [0.15, 0.2) is 5.78 Å². The summed E-state index contributed by atoms with van der Waals surface area (Å²) in [7, 11) is 0. The van der Waals surface area contributed by atoms with Gasteiger partial charge in [0, 0.05) is 17.2 Å². The summed E-state index contributed by atoms with van der Waals surface area (Å²) >= 11 is 0. The van der Waals surface area contributed by atoms with Gasteiger partial charge in [-0.05, 0) is 54.0 Å². The van der Waals surface area contributed by atoms with E-state index in [1.54, 1.807) is 0 Å². The van der Waals surface area contributed by atoms with Crippen LogP contribution in [0.4, 0.5) is 5.69 Å². The van der Waals surface area contributed by atoms with E-state index < -0.39 is 0 Å². The Balaban J connectivity index is 1.95. The van der Waals surface area contributed by atoms with E-state index in [1.165, 1.54) is 6.42 Å². The van der Waals surface area contributed by atoms with Gasteiger partial charge in [0.1, 0.15) is 0 Å². The Morgan fingerprint density at radius 3 is 2.19 bits per heavy atom. The molecule has 2 unspecified atom stereocenters. The topological polar surface area (TPSA) is 43.1 Å². The lowest BCUT2D eigenvalue weighted by Gasteiger charge is -2.30. The van der Waals surface area contributed by atoms with Gasteiger partial charge in [0.05, 0.1) is 0 Å². The minimum absolute atomic E-state index is 0.132. The number of anilines is 1. The minimum Gasteiger partial charge on any atom is -0.398 e. The summed E-state index contributed by atoms with van der Waals surface area (Å²) < 4.78 is 0. The van der Waals surface area contributed by atoms with E-state index in [9.17, 15) is 4.79 Å². The Morgan fingerprint density at radius 1 is 1.00 bits per heavy atom. The van der Waals surface area contributed by atoms with E-state index >= 15 is 0 Å². The number of hydrogen-bond acceptors (Lipinski definition) is 2. The number of rotatable bonds is 2. The summed E-state index contributed by atoms with van der Waals surface area (Å²) in [5, 5.41) is 2.18. The predicted octanol–water partition coefficient (Wildman–Crippen LogP) is 4.68. The Hall–Kier alpha value is -1.83. The Bertz CT molecular complexity index is 666. The molecule has 21 heavy (non-hydrogen) atoms. The molecule has 1 aliphatic rings. The number of fused-ring (bicyclic) bond motifs is 1. The van der Waals surface area contributed by atoms with Gasteiger partial charge in [-0.3, -0.25) is 4.79 Å². The van der Waals surface area contributed by atoms with Crippen LogP contribution in [0.5, 0.6) is 0 Å². The molecule has 0 amide bonds. The van der Waals surface area contributed by atoms with Crippen LogP contribution in [0.2, 0.25) is 0 Å². The zero-order chi connectivity index (χ0) is 15.0. The number of hydrogen-bond donors (Lipinski definition) is 1. The third-order valence-corrected chi connectivity index (χ3v) is 4.73. The van der Waals surface area contributed by atoms with Gasteiger partial charge < -0.3 is 5.73 Å². The van der Waals surface area contributed by atoms with Crippen LogP contribution in [0.15, 0.2) is 36.4 Å². The van der Waals surface area contributed by atoms with Gasteiger partial charge >= 0.3 is 0 Å². The highest BCUT2D eigenvalue weighted by Crippen LogP contribution is 2.36. The average molecular weight is 281 g/mol. The van der Waals surface area contributed by atoms with E-state index in [0.717, 1.165) is 23.6 Å². The van der Waals surface area contributed by atoms with Crippen molar-refractivity contribution >= 4 is 22.2 Å². The molecule has 2 atom stereocenters. The molecular weight excluding hydrogens is 258 g/mol. The first-order chi connectivity index (χ1) is 10.0. The van der Waals surface area contributed by atoms with Crippen molar-refractivity contribution in [2.24, 2.45) is 17.8 Å². The highest BCUT2D eigenvalue weighted by molar-refractivity contribution is 6.06. The minimum atomic E-state index is 0.132. The van der Waals surface area contributed by atoms with Crippen LogP contribution in [0.3, 0.4) is 0 Å². The molecule has 2 N–H and O–H groups in total. The summed E-state index contributed by atoms with van der Waals surface area (Å²) in [5.41, 5.74) is 7.47.